The van der Waals surface area contributed by atoms with Crippen LogP contribution < -0.4 is 39.2 Å². The van der Waals surface area contributed by atoms with E-state index in [4.69, 9.17) is 18.0 Å². The number of nitrogens with two attached hydrogens (primary N) is 1. The van der Waals surface area contributed by atoms with E-state index in [1.165, 1.54) is 0 Å². The lowest BCUT2D eigenvalue weighted by atomic mass is 10.2. The van der Waals surface area contributed by atoms with E-state index >= 15 is 0 Å². The van der Waals surface area contributed by atoms with E-state index in [2.05, 4.69) is 0 Å². The predicted molar refractivity (Wildman–Crippen MR) is 73.0 cm³/mol. The Labute approximate surface area is 129 Å². The van der Waals surface area contributed by atoms with Gasteiger partial charge in [0.25, 0.3) is 0 Å². The molecule has 0 radical (unpaired) electrons. The summed E-state index contributed by atoms with van der Waals surface area (Å²) in [7, 11) is 1.96. The van der Waals surface area contributed by atoms with Crippen LogP contribution in [0.1, 0.15) is 0 Å². The summed E-state index contributed by atoms with van der Waals surface area (Å²) >= 11 is 5.12. The third-order valence-electron chi connectivity index (χ3n) is 2.42. The first-order valence-electron chi connectivity index (χ1n) is 5.28. The first-order chi connectivity index (χ1) is 8.18. The van der Waals surface area contributed by atoms with Crippen LogP contribution >= 0.6 is 12.2 Å². The minimum atomic E-state index is 0. The SMILES string of the molecule is C[n+]1cccc(N(C(N)=S)c2ccccc2)c1.[I-]. The van der Waals surface area contributed by atoms with Gasteiger partial charge in [-0.15, -0.1) is 0 Å². The summed E-state index contributed by atoms with van der Waals surface area (Å²) in [5, 5.41) is 0.336. The van der Waals surface area contributed by atoms with Crippen LogP contribution in [0.4, 0.5) is 11.4 Å². The third-order valence-corrected chi connectivity index (χ3v) is 2.60. The van der Waals surface area contributed by atoms with Crippen LogP contribution in [0.3, 0.4) is 0 Å². The average Bonchev–Trinajstić information content (AvgIpc) is 2.30. The molecule has 0 amide bonds. The van der Waals surface area contributed by atoms with Crippen molar-refractivity contribution in [3.63, 3.8) is 0 Å². The van der Waals surface area contributed by atoms with Crippen molar-refractivity contribution in [2.75, 3.05) is 4.90 Å². The van der Waals surface area contributed by atoms with Gasteiger partial charge in [0.15, 0.2) is 17.5 Å². The van der Waals surface area contributed by atoms with E-state index in [1.807, 2.05) is 71.4 Å². The van der Waals surface area contributed by atoms with Crippen molar-refractivity contribution < 1.29 is 28.5 Å². The van der Waals surface area contributed by atoms with E-state index in [0.717, 1.165) is 11.4 Å². The lowest BCUT2D eigenvalue weighted by Crippen LogP contribution is -3.00. The van der Waals surface area contributed by atoms with Crippen LogP contribution in [0.5, 0.6) is 0 Å². The molecule has 0 saturated carbocycles. The standard InChI is InChI=1S/C13H13N3S.HI/c1-15-9-5-8-12(10-15)16(13(14)17)11-6-3-2-4-7-11;/h2-10H,1H3,(H-,14,17);1H. The first-order valence-corrected chi connectivity index (χ1v) is 5.69. The number of hydrogen-bond acceptors (Lipinski definition) is 1. The van der Waals surface area contributed by atoms with Gasteiger partial charge in [-0.05, 0) is 30.4 Å². The number of aryl methyl sites for hydroxylation is 1. The van der Waals surface area contributed by atoms with Gasteiger partial charge in [-0.1, -0.05) is 18.2 Å². The van der Waals surface area contributed by atoms with E-state index in [9.17, 15) is 0 Å². The minimum absolute atomic E-state index is 0. The maximum absolute atomic E-state index is 5.80. The van der Waals surface area contributed by atoms with E-state index in [1.54, 1.807) is 0 Å². The van der Waals surface area contributed by atoms with Crippen LogP contribution in [0, 0.1) is 0 Å². The fraction of sp³-hybridized carbons (Fsp3) is 0.0769. The van der Waals surface area contributed by atoms with Gasteiger partial charge in [-0.25, -0.2) is 4.57 Å². The predicted octanol–water partition coefficient (Wildman–Crippen LogP) is -1.10. The highest BCUT2D eigenvalue weighted by Gasteiger charge is 2.13. The van der Waals surface area contributed by atoms with Gasteiger partial charge in [0.2, 0.25) is 0 Å². The molecule has 0 fully saturated rings. The Bertz CT molecular complexity index is 531. The topological polar surface area (TPSA) is 33.1 Å². The van der Waals surface area contributed by atoms with Gasteiger partial charge >= 0.3 is 0 Å². The molecule has 0 unspecified atom stereocenters. The Morgan fingerprint density at radius 1 is 1.11 bits per heavy atom. The summed E-state index contributed by atoms with van der Waals surface area (Å²) < 4.78 is 1.96. The number of para-hydroxylation sites is 1. The van der Waals surface area contributed by atoms with Gasteiger partial charge in [0.05, 0.1) is 0 Å². The Balaban J connectivity index is 0.00000162. The summed E-state index contributed by atoms with van der Waals surface area (Å²) in [5.74, 6) is 0. The molecule has 0 aliphatic heterocycles. The number of hydrogen-bond donors (Lipinski definition) is 1. The number of nitrogens with zero attached hydrogens (tertiary/aromatic N) is 2. The molecular weight excluding hydrogens is 357 g/mol. The highest BCUT2D eigenvalue weighted by Crippen LogP contribution is 2.23. The number of halogens is 1. The molecule has 0 saturated heterocycles. The van der Waals surface area contributed by atoms with Crippen LogP contribution in [0.2, 0.25) is 0 Å². The van der Waals surface area contributed by atoms with Gasteiger partial charge in [0.1, 0.15) is 12.7 Å². The Morgan fingerprint density at radius 2 is 1.72 bits per heavy atom. The molecule has 1 aromatic heterocycles. The van der Waals surface area contributed by atoms with Gasteiger partial charge in [0, 0.05) is 11.8 Å². The number of pyridine rings is 1. The second-order valence-electron chi connectivity index (χ2n) is 3.74. The van der Waals surface area contributed by atoms with Crippen molar-refractivity contribution in [3.05, 3.63) is 54.9 Å². The van der Waals surface area contributed by atoms with Gasteiger partial charge in [-0.3, -0.25) is 4.90 Å². The zero-order valence-electron chi connectivity index (χ0n) is 9.95. The lowest BCUT2D eigenvalue weighted by molar-refractivity contribution is -0.670. The summed E-state index contributed by atoms with van der Waals surface area (Å²) in [6.07, 6.45) is 3.94. The maximum Gasteiger partial charge on any atom is 0.192 e. The molecule has 2 aromatic rings. The zero-order chi connectivity index (χ0) is 12.3. The molecule has 2 rings (SSSR count). The van der Waals surface area contributed by atoms with Crippen molar-refractivity contribution >= 4 is 28.7 Å². The fourth-order valence-corrected chi connectivity index (χ4v) is 1.90. The summed E-state index contributed by atoms with van der Waals surface area (Å²) in [5.41, 5.74) is 7.72. The van der Waals surface area contributed by atoms with Crippen LogP contribution in [0.15, 0.2) is 54.9 Å². The molecule has 0 spiro atoms. The maximum atomic E-state index is 5.80. The summed E-state index contributed by atoms with van der Waals surface area (Å²) in [6.45, 7) is 0. The average molecular weight is 371 g/mol. The van der Waals surface area contributed by atoms with Gasteiger partial charge < -0.3 is 29.7 Å². The fourth-order valence-electron chi connectivity index (χ4n) is 1.68. The van der Waals surface area contributed by atoms with E-state index < -0.39 is 0 Å². The number of thiocarbonyl (C=S) groups is 1. The molecule has 5 heteroatoms. The summed E-state index contributed by atoms with van der Waals surface area (Å²) in [4.78, 5) is 1.84. The quantitative estimate of drug-likeness (QED) is 0.413. The molecular formula is C13H14IN3S. The number of anilines is 2. The first kappa shape index (κ1) is 14.8. The summed E-state index contributed by atoms with van der Waals surface area (Å²) in [6, 6.07) is 13.8. The molecule has 94 valence electrons. The highest BCUT2D eigenvalue weighted by molar-refractivity contribution is 7.80. The van der Waals surface area contributed by atoms with E-state index in [-0.39, 0.29) is 24.0 Å². The molecule has 18 heavy (non-hydrogen) atoms. The molecule has 3 nitrogen and oxygen atoms in total. The third kappa shape index (κ3) is 3.39. The van der Waals surface area contributed by atoms with Crippen LogP contribution in [-0.2, 0) is 7.05 Å². The molecule has 0 aliphatic rings. The second-order valence-corrected chi connectivity index (χ2v) is 4.16. The van der Waals surface area contributed by atoms with Crippen molar-refractivity contribution in [3.8, 4) is 0 Å². The van der Waals surface area contributed by atoms with Crippen molar-refractivity contribution in [2.45, 2.75) is 0 Å². The van der Waals surface area contributed by atoms with Gasteiger partial charge in [-0.2, -0.15) is 0 Å². The highest BCUT2D eigenvalue weighted by atomic mass is 127. The molecule has 2 N–H and O–H groups in total. The van der Waals surface area contributed by atoms with Crippen molar-refractivity contribution in [1.82, 2.24) is 0 Å². The van der Waals surface area contributed by atoms with Crippen molar-refractivity contribution in [1.29, 1.82) is 0 Å². The lowest BCUT2D eigenvalue weighted by Gasteiger charge is -2.21. The van der Waals surface area contributed by atoms with Crippen LogP contribution in [-0.4, -0.2) is 5.11 Å². The normalized spacial score (nSPS) is 9.39. The Kier molecular flexibility index (Phi) is 5.49. The Hall–Kier alpha value is -1.21. The second kappa shape index (κ2) is 6.65. The van der Waals surface area contributed by atoms with Crippen LogP contribution in [0.25, 0.3) is 0 Å². The zero-order valence-corrected chi connectivity index (χ0v) is 12.9. The smallest absolute Gasteiger partial charge is 0.192 e. The molecule has 1 heterocycles. The monoisotopic (exact) mass is 371 g/mol. The largest absolute Gasteiger partial charge is 1.00 e. The number of rotatable bonds is 2. The molecule has 1 aromatic carbocycles. The van der Waals surface area contributed by atoms with Crippen molar-refractivity contribution in [2.24, 2.45) is 12.8 Å². The molecule has 0 atom stereocenters. The molecule has 0 aliphatic carbocycles. The van der Waals surface area contributed by atoms with E-state index in [0.29, 0.717) is 5.11 Å². The Morgan fingerprint density at radius 3 is 2.28 bits per heavy atom. The molecule has 0 bridgehead atoms. The number of aromatic nitrogens is 1. The number of benzene rings is 1. The minimum Gasteiger partial charge on any atom is -1.00 e.